The number of ether oxygens (including phenoxy) is 1. The number of halogens is 1. The Morgan fingerprint density at radius 2 is 2.22 bits per heavy atom. The molecule has 1 N–H and O–H groups in total. The maximum Gasteiger partial charge on any atom is 0.335 e. The summed E-state index contributed by atoms with van der Waals surface area (Å²) in [7, 11) is 0. The van der Waals surface area contributed by atoms with Crippen molar-refractivity contribution in [2.45, 2.75) is 13.0 Å². The molecule has 1 heterocycles. The summed E-state index contributed by atoms with van der Waals surface area (Å²) >= 11 is 0. The molecule has 98 valence electrons. The lowest BCUT2D eigenvalue weighted by atomic mass is 10.1. The third-order valence-electron chi connectivity index (χ3n) is 3.01. The molecule has 1 aromatic rings. The van der Waals surface area contributed by atoms with Gasteiger partial charge in [-0.1, -0.05) is 6.07 Å². The van der Waals surface area contributed by atoms with Crippen LogP contribution in [0, 0.1) is 5.82 Å². The van der Waals surface area contributed by atoms with Crippen LogP contribution >= 0.6 is 0 Å². The van der Waals surface area contributed by atoms with Crippen molar-refractivity contribution in [1.82, 2.24) is 4.90 Å². The maximum atomic E-state index is 13.7. The van der Waals surface area contributed by atoms with Crippen LogP contribution in [0.25, 0.3) is 0 Å². The summed E-state index contributed by atoms with van der Waals surface area (Å²) in [4.78, 5) is 12.8. The molecule has 4 nitrogen and oxygen atoms in total. The van der Waals surface area contributed by atoms with E-state index in [0.717, 1.165) is 32.2 Å². The van der Waals surface area contributed by atoms with Crippen molar-refractivity contribution in [3.8, 4) is 0 Å². The van der Waals surface area contributed by atoms with Crippen molar-refractivity contribution in [1.29, 1.82) is 0 Å². The van der Waals surface area contributed by atoms with Gasteiger partial charge in [-0.05, 0) is 18.6 Å². The minimum absolute atomic E-state index is 0.0181. The average molecular weight is 253 g/mol. The zero-order valence-corrected chi connectivity index (χ0v) is 10.1. The number of nitrogens with zero attached hydrogens (tertiary/aromatic N) is 1. The van der Waals surface area contributed by atoms with Gasteiger partial charge in [0.2, 0.25) is 0 Å². The molecule has 0 unspecified atom stereocenters. The minimum atomic E-state index is -1.11. The van der Waals surface area contributed by atoms with Gasteiger partial charge < -0.3 is 9.84 Å². The van der Waals surface area contributed by atoms with Crippen LogP contribution in [0.4, 0.5) is 4.39 Å². The van der Waals surface area contributed by atoms with Gasteiger partial charge in [0, 0.05) is 31.8 Å². The third-order valence-corrected chi connectivity index (χ3v) is 3.01. The van der Waals surface area contributed by atoms with Crippen molar-refractivity contribution in [3.63, 3.8) is 0 Å². The molecule has 0 bridgehead atoms. The summed E-state index contributed by atoms with van der Waals surface area (Å²) < 4.78 is 19.1. The Labute approximate surface area is 105 Å². The third kappa shape index (κ3) is 3.27. The first-order chi connectivity index (χ1) is 8.66. The highest BCUT2D eigenvalue weighted by atomic mass is 19.1. The fraction of sp³-hybridized carbons (Fsp3) is 0.462. The fourth-order valence-electron chi connectivity index (χ4n) is 2.01. The first-order valence-corrected chi connectivity index (χ1v) is 5.98. The zero-order chi connectivity index (χ0) is 13.0. The highest BCUT2D eigenvalue weighted by Crippen LogP contribution is 2.14. The van der Waals surface area contributed by atoms with Gasteiger partial charge in [0.05, 0.1) is 12.2 Å². The predicted octanol–water partition coefficient (Wildman–Crippen LogP) is 1.75. The molecule has 0 aromatic heterocycles. The normalized spacial score (nSPS) is 17.4. The van der Waals surface area contributed by atoms with Crippen LogP contribution in [0.1, 0.15) is 22.3 Å². The Hall–Kier alpha value is -1.46. The van der Waals surface area contributed by atoms with Crippen molar-refractivity contribution in [2.75, 3.05) is 26.3 Å². The van der Waals surface area contributed by atoms with E-state index in [2.05, 4.69) is 4.90 Å². The molecule has 0 spiro atoms. The summed E-state index contributed by atoms with van der Waals surface area (Å²) in [5.74, 6) is -1.57. The summed E-state index contributed by atoms with van der Waals surface area (Å²) in [6.45, 7) is 3.56. The Bertz CT molecular complexity index is 428. The molecule has 0 saturated carbocycles. The van der Waals surface area contributed by atoms with Crippen LogP contribution in [0.3, 0.4) is 0 Å². The second-order valence-corrected chi connectivity index (χ2v) is 4.35. The number of carbonyl (C=O) groups is 1. The van der Waals surface area contributed by atoms with Crippen LogP contribution in [-0.4, -0.2) is 42.3 Å². The average Bonchev–Trinajstić information content (AvgIpc) is 2.60. The van der Waals surface area contributed by atoms with Gasteiger partial charge >= 0.3 is 5.97 Å². The molecule has 0 aliphatic carbocycles. The topological polar surface area (TPSA) is 49.8 Å². The SMILES string of the molecule is O=C(O)c1ccc(CN2CCCOCC2)c(F)c1. The maximum absolute atomic E-state index is 13.7. The lowest BCUT2D eigenvalue weighted by molar-refractivity contribution is 0.0696. The molecular weight excluding hydrogens is 237 g/mol. The van der Waals surface area contributed by atoms with E-state index in [0.29, 0.717) is 18.7 Å². The zero-order valence-electron chi connectivity index (χ0n) is 10.1. The molecule has 1 aromatic carbocycles. The molecule has 1 aliphatic heterocycles. The standard InChI is InChI=1S/C13H16FNO3/c14-12-8-10(13(16)17)2-3-11(12)9-15-4-1-6-18-7-5-15/h2-3,8H,1,4-7,9H2,(H,16,17). The lowest BCUT2D eigenvalue weighted by Crippen LogP contribution is -2.26. The Morgan fingerprint density at radius 1 is 1.39 bits per heavy atom. The van der Waals surface area contributed by atoms with Gasteiger partial charge in [-0.2, -0.15) is 0 Å². The number of aromatic carboxylic acids is 1. The van der Waals surface area contributed by atoms with Gasteiger partial charge in [0.25, 0.3) is 0 Å². The van der Waals surface area contributed by atoms with E-state index in [4.69, 9.17) is 9.84 Å². The molecule has 1 saturated heterocycles. The highest BCUT2D eigenvalue weighted by molar-refractivity contribution is 5.87. The van der Waals surface area contributed by atoms with Crippen LogP contribution in [0.15, 0.2) is 18.2 Å². The number of benzene rings is 1. The van der Waals surface area contributed by atoms with E-state index in [1.54, 1.807) is 6.07 Å². The van der Waals surface area contributed by atoms with Crippen LogP contribution in [-0.2, 0) is 11.3 Å². The van der Waals surface area contributed by atoms with E-state index in [9.17, 15) is 9.18 Å². The molecule has 0 radical (unpaired) electrons. The number of carboxylic acids is 1. The molecular formula is C13H16FNO3. The molecule has 1 aliphatic rings. The van der Waals surface area contributed by atoms with Crippen LogP contribution in [0.5, 0.6) is 0 Å². The first kappa shape index (κ1) is 13.0. The van der Waals surface area contributed by atoms with Crippen molar-refractivity contribution < 1.29 is 19.0 Å². The second kappa shape index (κ2) is 5.93. The van der Waals surface area contributed by atoms with Gasteiger partial charge in [-0.25, -0.2) is 9.18 Å². The molecule has 5 heteroatoms. The molecule has 2 rings (SSSR count). The van der Waals surface area contributed by atoms with Crippen LogP contribution < -0.4 is 0 Å². The predicted molar refractivity (Wildman–Crippen MR) is 64.1 cm³/mol. The van der Waals surface area contributed by atoms with E-state index < -0.39 is 11.8 Å². The Morgan fingerprint density at radius 3 is 2.94 bits per heavy atom. The van der Waals surface area contributed by atoms with E-state index >= 15 is 0 Å². The van der Waals surface area contributed by atoms with E-state index in [1.165, 1.54) is 6.07 Å². The van der Waals surface area contributed by atoms with Gasteiger partial charge in [0.1, 0.15) is 5.82 Å². The number of rotatable bonds is 3. The monoisotopic (exact) mass is 253 g/mol. The number of hydrogen-bond donors (Lipinski definition) is 1. The fourth-order valence-corrected chi connectivity index (χ4v) is 2.01. The van der Waals surface area contributed by atoms with E-state index in [1.807, 2.05) is 0 Å². The molecule has 0 atom stereocenters. The van der Waals surface area contributed by atoms with Crippen molar-refractivity contribution >= 4 is 5.97 Å². The van der Waals surface area contributed by atoms with Gasteiger partial charge in [0.15, 0.2) is 0 Å². The van der Waals surface area contributed by atoms with Crippen molar-refractivity contribution in [3.05, 3.63) is 35.1 Å². The lowest BCUT2D eigenvalue weighted by Gasteiger charge is -2.19. The molecule has 18 heavy (non-hydrogen) atoms. The summed E-state index contributed by atoms with van der Waals surface area (Å²) in [6, 6.07) is 4.06. The summed E-state index contributed by atoms with van der Waals surface area (Å²) in [5, 5.41) is 8.77. The Kier molecular flexibility index (Phi) is 4.28. The molecule has 0 amide bonds. The summed E-state index contributed by atoms with van der Waals surface area (Å²) in [5.41, 5.74) is 0.511. The van der Waals surface area contributed by atoms with Gasteiger partial charge in [-0.3, -0.25) is 4.90 Å². The number of carboxylic acid groups (broad SMARTS) is 1. The van der Waals surface area contributed by atoms with E-state index in [-0.39, 0.29) is 5.56 Å². The molecule has 1 fully saturated rings. The largest absolute Gasteiger partial charge is 0.478 e. The van der Waals surface area contributed by atoms with Crippen LogP contribution in [0.2, 0.25) is 0 Å². The first-order valence-electron chi connectivity index (χ1n) is 5.98. The van der Waals surface area contributed by atoms with Crippen molar-refractivity contribution in [2.24, 2.45) is 0 Å². The highest BCUT2D eigenvalue weighted by Gasteiger charge is 2.13. The quantitative estimate of drug-likeness (QED) is 0.891. The second-order valence-electron chi connectivity index (χ2n) is 4.35. The van der Waals surface area contributed by atoms with Gasteiger partial charge in [-0.15, -0.1) is 0 Å². The minimum Gasteiger partial charge on any atom is -0.478 e. The summed E-state index contributed by atoms with van der Waals surface area (Å²) in [6.07, 6.45) is 0.939. The Balaban J connectivity index is 2.06. The number of hydrogen-bond acceptors (Lipinski definition) is 3. The smallest absolute Gasteiger partial charge is 0.335 e.